The zero-order valence-electron chi connectivity index (χ0n) is 9.51. The SMILES string of the molecule is Cc1cc2n[nH]c(=O)n2c(N2CCSCC2)n1. The van der Waals surface area contributed by atoms with Crippen molar-refractivity contribution in [1.29, 1.82) is 0 Å². The molecule has 0 unspecified atom stereocenters. The normalized spacial score (nSPS) is 16.6. The molecule has 0 atom stereocenters. The minimum absolute atomic E-state index is 0.222. The quantitative estimate of drug-likeness (QED) is 0.788. The summed E-state index contributed by atoms with van der Waals surface area (Å²) in [6.07, 6.45) is 0. The fourth-order valence-electron chi connectivity index (χ4n) is 2.00. The van der Waals surface area contributed by atoms with Crippen LogP contribution >= 0.6 is 11.8 Å². The molecule has 7 heteroatoms. The summed E-state index contributed by atoms with van der Waals surface area (Å²) in [5, 5.41) is 6.46. The number of hydrogen-bond acceptors (Lipinski definition) is 5. The third-order valence-corrected chi connectivity index (χ3v) is 3.75. The molecule has 0 amide bonds. The summed E-state index contributed by atoms with van der Waals surface area (Å²) in [5.41, 5.74) is 1.29. The molecule has 3 rings (SSSR count). The molecule has 0 radical (unpaired) electrons. The van der Waals surface area contributed by atoms with Gasteiger partial charge in [0.05, 0.1) is 0 Å². The summed E-state index contributed by atoms with van der Waals surface area (Å²) in [7, 11) is 0. The molecule has 6 nitrogen and oxygen atoms in total. The van der Waals surface area contributed by atoms with E-state index in [-0.39, 0.29) is 5.69 Å². The van der Waals surface area contributed by atoms with Gasteiger partial charge in [0.25, 0.3) is 0 Å². The molecule has 1 N–H and O–H groups in total. The third kappa shape index (κ3) is 1.80. The highest BCUT2D eigenvalue weighted by Crippen LogP contribution is 2.17. The number of aryl methyl sites for hydroxylation is 1. The highest BCUT2D eigenvalue weighted by atomic mass is 32.2. The van der Waals surface area contributed by atoms with Crippen molar-refractivity contribution in [2.75, 3.05) is 29.5 Å². The summed E-state index contributed by atoms with van der Waals surface area (Å²) < 4.78 is 1.54. The first-order valence-electron chi connectivity index (χ1n) is 5.53. The zero-order valence-corrected chi connectivity index (χ0v) is 10.3. The second-order valence-electron chi connectivity index (χ2n) is 4.02. The van der Waals surface area contributed by atoms with Crippen LogP contribution < -0.4 is 10.6 Å². The molecule has 0 aliphatic carbocycles. The monoisotopic (exact) mass is 251 g/mol. The third-order valence-electron chi connectivity index (χ3n) is 2.81. The molecule has 0 saturated carbocycles. The van der Waals surface area contributed by atoms with Crippen LogP contribution in [0.1, 0.15) is 5.69 Å². The molecule has 90 valence electrons. The van der Waals surface area contributed by atoms with Gasteiger partial charge in [-0.25, -0.2) is 19.3 Å². The van der Waals surface area contributed by atoms with Crippen LogP contribution in [0.4, 0.5) is 5.95 Å². The molecule has 1 aliphatic rings. The average molecular weight is 251 g/mol. The van der Waals surface area contributed by atoms with E-state index >= 15 is 0 Å². The molecular formula is C10H13N5OS. The minimum Gasteiger partial charge on any atom is -0.340 e. The maximum Gasteiger partial charge on any atom is 0.350 e. The lowest BCUT2D eigenvalue weighted by atomic mass is 10.4. The predicted octanol–water partition coefficient (Wildman–Crippen LogP) is 0.279. The van der Waals surface area contributed by atoms with Gasteiger partial charge in [-0.1, -0.05) is 0 Å². The van der Waals surface area contributed by atoms with Crippen LogP contribution in [0.15, 0.2) is 10.9 Å². The van der Waals surface area contributed by atoms with Crippen molar-refractivity contribution in [2.24, 2.45) is 0 Å². The van der Waals surface area contributed by atoms with Crippen LogP contribution in [0.3, 0.4) is 0 Å². The molecule has 3 heterocycles. The highest BCUT2D eigenvalue weighted by molar-refractivity contribution is 7.99. The maximum atomic E-state index is 11.7. The van der Waals surface area contributed by atoms with Crippen molar-refractivity contribution in [1.82, 2.24) is 19.6 Å². The van der Waals surface area contributed by atoms with Crippen molar-refractivity contribution < 1.29 is 0 Å². The van der Waals surface area contributed by atoms with Crippen LogP contribution in [0.25, 0.3) is 5.65 Å². The van der Waals surface area contributed by atoms with Gasteiger partial charge in [0.15, 0.2) is 5.65 Å². The number of hydrogen-bond donors (Lipinski definition) is 1. The van der Waals surface area contributed by atoms with E-state index in [0.717, 1.165) is 30.3 Å². The molecule has 2 aromatic rings. The van der Waals surface area contributed by atoms with Gasteiger partial charge in [-0.3, -0.25) is 0 Å². The van der Waals surface area contributed by atoms with Crippen molar-refractivity contribution in [3.63, 3.8) is 0 Å². The Labute approximate surface area is 102 Å². The predicted molar refractivity (Wildman–Crippen MR) is 67.9 cm³/mol. The van der Waals surface area contributed by atoms with E-state index in [1.54, 1.807) is 10.5 Å². The van der Waals surface area contributed by atoms with Gasteiger partial charge in [0.2, 0.25) is 5.95 Å². The van der Waals surface area contributed by atoms with Crippen molar-refractivity contribution in [3.05, 3.63) is 22.2 Å². The van der Waals surface area contributed by atoms with Gasteiger partial charge in [-0.2, -0.15) is 16.9 Å². The number of H-pyrrole nitrogens is 1. The number of fused-ring (bicyclic) bond motifs is 1. The van der Waals surface area contributed by atoms with Gasteiger partial charge in [-0.15, -0.1) is 0 Å². The van der Waals surface area contributed by atoms with Crippen LogP contribution in [0.5, 0.6) is 0 Å². The summed E-state index contributed by atoms with van der Waals surface area (Å²) in [4.78, 5) is 18.4. The van der Waals surface area contributed by atoms with Gasteiger partial charge < -0.3 is 4.90 Å². The fraction of sp³-hybridized carbons (Fsp3) is 0.500. The number of aromatic nitrogens is 4. The highest BCUT2D eigenvalue weighted by Gasteiger charge is 2.17. The smallest absolute Gasteiger partial charge is 0.340 e. The Balaban J connectivity index is 2.19. The number of nitrogens with zero attached hydrogens (tertiary/aromatic N) is 4. The number of thioether (sulfide) groups is 1. The van der Waals surface area contributed by atoms with Crippen molar-refractivity contribution in [3.8, 4) is 0 Å². The Morgan fingerprint density at radius 3 is 2.94 bits per heavy atom. The van der Waals surface area contributed by atoms with E-state index < -0.39 is 0 Å². The van der Waals surface area contributed by atoms with E-state index in [2.05, 4.69) is 20.1 Å². The zero-order chi connectivity index (χ0) is 11.8. The Kier molecular flexibility index (Phi) is 2.54. The second kappa shape index (κ2) is 4.06. The second-order valence-corrected chi connectivity index (χ2v) is 5.24. The topological polar surface area (TPSA) is 66.3 Å². The summed E-state index contributed by atoms with van der Waals surface area (Å²) in [6, 6.07) is 1.81. The Hall–Kier alpha value is -1.50. The molecule has 1 saturated heterocycles. The number of aromatic amines is 1. The lowest BCUT2D eigenvalue weighted by Gasteiger charge is -2.27. The first-order valence-corrected chi connectivity index (χ1v) is 6.68. The molecular weight excluding hydrogens is 238 g/mol. The van der Waals surface area contributed by atoms with Crippen LogP contribution in [0.2, 0.25) is 0 Å². The summed E-state index contributed by atoms with van der Waals surface area (Å²) >= 11 is 1.93. The van der Waals surface area contributed by atoms with E-state index in [1.807, 2.05) is 18.7 Å². The summed E-state index contributed by atoms with van der Waals surface area (Å²) in [5.74, 6) is 2.85. The number of nitrogens with one attached hydrogen (secondary N) is 1. The lowest BCUT2D eigenvalue weighted by Crippen LogP contribution is -2.36. The van der Waals surface area contributed by atoms with Gasteiger partial charge in [0.1, 0.15) is 0 Å². The van der Waals surface area contributed by atoms with E-state index in [0.29, 0.717) is 11.6 Å². The van der Waals surface area contributed by atoms with Crippen LogP contribution in [-0.4, -0.2) is 44.2 Å². The minimum atomic E-state index is -0.222. The van der Waals surface area contributed by atoms with Crippen molar-refractivity contribution in [2.45, 2.75) is 6.92 Å². The molecule has 0 bridgehead atoms. The van der Waals surface area contributed by atoms with E-state index in [1.165, 1.54) is 0 Å². The number of rotatable bonds is 1. The first kappa shape index (κ1) is 10.6. The Morgan fingerprint density at radius 2 is 2.18 bits per heavy atom. The molecule has 1 fully saturated rings. The molecule has 1 aliphatic heterocycles. The van der Waals surface area contributed by atoms with Gasteiger partial charge in [0, 0.05) is 36.4 Å². The fourth-order valence-corrected chi connectivity index (χ4v) is 2.90. The van der Waals surface area contributed by atoms with Gasteiger partial charge >= 0.3 is 5.69 Å². The van der Waals surface area contributed by atoms with Crippen LogP contribution in [0, 0.1) is 6.92 Å². The first-order chi connectivity index (χ1) is 8.25. The average Bonchev–Trinajstić information content (AvgIpc) is 2.71. The standard InChI is InChI=1S/C10H13N5OS/c1-7-6-8-12-13-10(16)15(8)9(11-7)14-2-4-17-5-3-14/h6H,2-5H2,1H3,(H,13,16). The van der Waals surface area contributed by atoms with Crippen molar-refractivity contribution >= 4 is 23.4 Å². The van der Waals surface area contributed by atoms with E-state index in [9.17, 15) is 4.79 Å². The van der Waals surface area contributed by atoms with Gasteiger partial charge in [-0.05, 0) is 6.92 Å². The van der Waals surface area contributed by atoms with E-state index in [4.69, 9.17) is 0 Å². The summed E-state index contributed by atoms with van der Waals surface area (Å²) in [6.45, 7) is 3.77. The Bertz CT molecular complexity index is 598. The Morgan fingerprint density at radius 1 is 1.41 bits per heavy atom. The largest absolute Gasteiger partial charge is 0.350 e. The van der Waals surface area contributed by atoms with Crippen LogP contribution in [-0.2, 0) is 0 Å². The maximum absolute atomic E-state index is 11.7. The molecule has 2 aromatic heterocycles. The molecule has 17 heavy (non-hydrogen) atoms. The number of anilines is 1. The molecule has 0 spiro atoms. The molecule has 0 aromatic carbocycles. The lowest BCUT2D eigenvalue weighted by molar-refractivity contribution is 0.790.